The molecule has 116 valence electrons. The third-order valence-electron chi connectivity index (χ3n) is 3.12. The van der Waals surface area contributed by atoms with Crippen LogP contribution >= 0.6 is 11.6 Å². The largest absolute Gasteiger partial charge is 0.506 e. The van der Waals surface area contributed by atoms with Crippen LogP contribution in [0.5, 0.6) is 5.75 Å². The summed E-state index contributed by atoms with van der Waals surface area (Å²) in [5.41, 5.74) is 2.15. The number of aromatic nitrogens is 3. The van der Waals surface area contributed by atoms with Crippen LogP contribution < -0.4 is 5.32 Å². The normalized spacial score (nSPS) is 11.2. The minimum Gasteiger partial charge on any atom is -0.506 e. The number of nitrogens with zero attached hydrogens (tertiary/aromatic N) is 3. The number of carbonyl (C=O) groups excluding carboxylic acids is 1. The van der Waals surface area contributed by atoms with Crippen molar-refractivity contribution >= 4 is 34.2 Å². The van der Waals surface area contributed by atoms with Crippen LogP contribution in [-0.2, 0) is 4.79 Å². The second kappa shape index (κ2) is 6.10. The number of carbonyl (C=O) groups is 1. The van der Waals surface area contributed by atoms with Gasteiger partial charge in [0.05, 0.1) is 0 Å². The number of phenolic OH excluding ortho intramolecular Hbond substituents is 1. The summed E-state index contributed by atoms with van der Waals surface area (Å²) < 4.78 is 0. The van der Waals surface area contributed by atoms with Crippen LogP contribution in [0.2, 0.25) is 5.02 Å². The number of fused-ring (bicyclic) bond motifs is 1. The Morgan fingerprint density at radius 3 is 2.78 bits per heavy atom. The summed E-state index contributed by atoms with van der Waals surface area (Å²) in [7, 11) is 0. The molecule has 0 unspecified atom stereocenters. The van der Waals surface area contributed by atoms with E-state index in [0.717, 1.165) is 0 Å². The maximum Gasteiger partial charge on any atom is 0.248 e. The number of hydrogen-bond donors (Lipinski definition) is 2. The molecular formula is C16H13ClN4O2. The van der Waals surface area contributed by atoms with Crippen molar-refractivity contribution in [3.8, 4) is 11.4 Å². The first-order valence-electron chi connectivity index (χ1n) is 6.86. The lowest BCUT2D eigenvalue weighted by Crippen LogP contribution is -2.08. The van der Waals surface area contributed by atoms with Gasteiger partial charge >= 0.3 is 0 Å². The lowest BCUT2D eigenvalue weighted by molar-refractivity contribution is -0.111. The zero-order valence-electron chi connectivity index (χ0n) is 12.2. The third kappa shape index (κ3) is 3.17. The first-order valence-corrected chi connectivity index (χ1v) is 7.24. The quantitative estimate of drug-likeness (QED) is 0.571. The van der Waals surface area contributed by atoms with E-state index in [-0.39, 0.29) is 11.7 Å². The molecule has 23 heavy (non-hydrogen) atoms. The molecule has 1 aromatic heterocycles. The minimum absolute atomic E-state index is 0.000403. The monoisotopic (exact) mass is 328 g/mol. The van der Waals surface area contributed by atoms with Gasteiger partial charge in [-0.25, -0.2) is 0 Å². The first kappa shape index (κ1) is 15.1. The molecule has 3 rings (SSSR count). The van der Waals surface area contributed by atoms with E-state index in [1.54, 1.807) is 43.3 Å². The number of allylic oxidation sites excluding steroid dienone is 1. The zero-order chi connectivity index (χ0) is 16.4. The van der Waals surface area contributed by atoms with Crippen molar-refractivity contribution in [1.82, 2.24) is 15.0 Å². The van der Waals surface area contributed by atoms with Gasteiger partial charge in [-0.2, -0.15) is 0 Å². The molecule has 0 spiro atoms. The maximum atomic E-state index is 11.6. The molecule has 0 bridgehead atoms. The maximum absolute atomic E-state index is 11.6. The van der Waals surface area contributed by atoms with Crippen molar-refractivity contribution < 1.29 is 9.90 Å². The minimum atomic E-state index is -0.255. The van der Waals surface area contributed by atoms with Gasteiger partial charge in [0, 0.05) is 10.7 Å². The van der Waals surface area contributed by atoms with Gasteiger partial charge in [0.1, 0.15) is 22.5 Å². The summed E-state index contributed by atoms with van der Waals surface area (Å²) in [5.74, 6) is -0.255. The Balaban J connectivity index is 2.01. The van der Waals surface area contributed by atoms with Gasteiger partial charge in [-0.3, -0.25) is 4.79 Å². The predicted molar refractivity (Wildman–Crippen MR) is 89.0 cm³/mol. The van der Waals surface area contributed by atoms with E-state index in [0.29, 0.717) is 27.4 Å². The number of aromatic hydroxyl groups is 1. The van der Waals surface area contributed by atoms with Crippen molar-refractivity contribution in [2.45, 2.75) is 6.92 Å². The molecule has 0 aliphatic rings. The molecule has 1 heterocycles. The van der Waals surface area contributed by atoms with Gasteiger partial charge in [0.15, 0.2) is 0 Å². The van der Waals surface area contributed by atoms with Crippen molar-refractivity contribution in [1.29, 1.82) is 0 Å². The van der Waals surface area contributed by atoms with Crippen molar-refractivity contribution in [2.24, 2.45) is 0 Å². The van der Waals surface area contributed by atoms with Gasteiger partial charge < -0.3 is 10.4 Å². The summed E-state index contributed by atoms with van der Waals surface area (Å²) in [4.78, 5) is 12.9. The third-order valence-corrected chi connectivity index (χ3v) is 3.35. The molecule has 0 saturated carbocycles. The van der Waals surface area contributed by atoms with Crippen molar-refractivity contribution in [3.05, 3.63) is 53.6 Å². The van der Waals surface area contributed by atoms with E-state index >= 15 is 0 Å². The number of phenols is 1. The highest BCUT2D eigenvalue weighted by Crippen LogP contribution is 2.26. The first-order chi connectivity index (χ1) is 11.1. The average molecular weight is 329 g/mol. The number of amides is 1. The second-order valence-electron chi connectivity index (χ2n) is 4.82. The van der Waals surface area contributed by atoms with Crippen LogP contribution in [0.1, 0.15) is 6.92 Å². The van der Waals surface area contributed by atoms with Crippen LogP contribution in [0.15, 0.2) is 48.6 Å². The number of nitrogens with one attached hydrogen (secondary N) is 1. The molecule has 7 heteroatoms. The van der Waals surface area contributed by atoms with Crippen LogP contribution in [0, 0.1) is 0 Å². The summed E-state index contributed by atoms with van der Waals surface area (Å²) in [6.07, 6.45) is 3.05. The Labute approximate surface area is 137 Å². The fourth-order valence-electron chi connectivity index (χ4n) is 2.09. The standard InChI is InChI=1S/C16H13ClN4O2/c1-2-3-16(23)18-11-5-7-15(22)14(9-11)21-19-12-6-4-10(17)8-13(12)20-21/h2-9,22H,1H3,(H,18,23). The Morgan fingerprint density at radius 1 is 1.22 bits per heavy atom. The van der Waals surface area contributed by atoms with Gasteiger partial charge in [-0.05, 0) is 49.4 Å². The molecule has 6 nitrogen and oxygen atoms in total. The van der Waals surface area contributed by atoms with Crippen LogP contribution in [0.4, 0.5) is 5.69 Å². The lowest BCUT2D eigenvalue weighted by Gasteiger charge is -2.07. The fourth-order valence-corrected chi connectivity index (χ4v) is 2.26. The van der Waals surface area contributed by atoms with Crippen LogP contribution in [-0.4, -0.2) is 26.0 Å². The van der Waals surface area contributed by atoms with Gasteiger partial charge in [0.2, 0.25) is 5.91 Å². The van der Waals surface area contributed by atoms with Crippen LogP contribution in [0.25, 0.3) is 16.7 Å². The SMILES string of the molecule is CC=CC(=O)Nc1ccc(O)c(-n2nc3ccc(Cl)cc3n2)c1. The molecule has 0 saturated heterocycles. The highest BCUT2D eigenvalue weighted by Gasteiger charge is 2.11. The Kier molecular flexibility index (Phi) is 3.99. The highest BCUT2D eigenvalue weighted by molar-refractivity contribution is 6.31. The number of halogens is 1. The number of benzene rings is 2. The molecular weight excluding hydrogens is 316 g/mol. The number of anilines is 1. The second-order valence-corrected chi connectivity index (χ2v) is 5.25. The molecule has 0 fully saturated rings. The van der Waals surface area contributed by atoms with Gasteiger partial charge in [-0.15, -0.1) is 15.0 Å². The molecule has 1 amide bonds. The summed E-state index contributed by atoms with van der Waals surface area (Å²) in [5, 5.41) is 21.9. The molecule has 2 aromatic carbocycles. The van der Waals surface area contributed by atoms with Crippen LogP contribution in [0.3, 0.4) is 0 Å². The van der Waals surface area contributed by atoms with Gasteiger partial charge in [-0.1, -0.05) is 17.7 Å². The fraction of sp³-hybridized carbons (Fsp3) is 0.0625. The summed E-state index contributed by atoms with van der Waals surface area (Å²) in [6, 6.07) is 9.82. The van der Waals surface area contributed by atoms with Gasteiger partial charge in [0.25, 0.3) is 0 Å². The topological polar surface area (TPSA) is 80.0 Å². The Hall–Kier alpha value is -2.86. The van der Waals surface area contributed by atoms with E-state index in [4.69, 9.17) is 11.6 Å². The average Bonchev–Trinajstić information content (AvgIpc) is 2.92. The van der Waals surface area contributed by atoms with E-state index in [9.17, 15) is 9.90 Å². The predicted octanol–water partition coefficient (Wildman–Crippen LogP) is 3.29. The zero-order valence-corrected chi connectivity index (χ0v) is 12.9. The van der Waals surface area contributed by atoms with E-state index < -0.39 is 0 Å². The van der Waals surface area contributed by atoms with E-state index in [1.807, 2.05) is 0 Å². The molecule has 3 aromatic rings. The molecule has 2 N–H and O–H groups in total. The van der Waals surface area contributed by atoms with Crippen molar-refractivity contribution in [3.63, 3.8) is 0 Å². The lowest BCUT2D eigenvalue weighted by atomic mass is 10.2. The molecule has 0 aliphatic carbocycles. The summed E-state index contributed by atoms with van der Waals surface area (Å²) in [6.45, 7) is 1.76. The molecule has 0 atom stereocenters. The Morgan fingerprint density at radius 2 is 2.00 bits per heavy atom. The smallest absolute Gasteiger partial charge is 0.248 e. The van der Waals surface area contributed by atoms with E-state index in [2.05, 4.69) is 15.5 Å². The summed E-state index contributed by atoms with van der Waals surface area (Å²) >= 11 is 5.94. The van der Waals surface area contributed by atoms with E-state index in [1.165, 1.54) is 16.9 Å². The molecule has 0 aliphatic heterocycles. The number of rotatable bonds is 3. The Bertz CT molecular complexity index is 918. The molecule has 0 radical (unpaired) electrons. The highest BCUT2D eigenvalue weighted by atomic mass is 35.5. The van der Waals surface area contributed by atoms with Crippen molar-refractivity contribution in [2.75, 3.05) is 5.32 Å². The number of hydrogen-bond acceptors (Lipinski definition) is 4.